The van der Waals surface area contributed by atoms with Crippen molar-refractivity contribution in [1.29, 1.82) is 0 Å². The third-order valence-electron chi connectivity index (χ3n) is 4.30. The van der Waals surface area contributed by atoms with Crippen LogP contribution >= 0.6 is 11.6 Å². The van der Waals surface area contributed by atoms with Gasteiger partial charge in [-0.3, -0.25) is 13.8 Å². The van der Waals surface area contributed by atoms with Gasteiger partial charge in [0.05, 0.1) is 29.6 Å². The first kappa shape index (κ1) is 16.4. The molecule has 2 aromatic carbocycles. The molecular weight excluding hydrogens is 354 g/mol. The Labute approximate surface area is 153 Å². The van der Waals surface area contributed by atoms with Crippen molar-refractivity contribution in [1.82, 2.24) is 19.2 Å². The maximum absolute atomic E-state index is 12.5. The summed E-state index contributed by atoms with van der Waals surface area (Å²) in [4.78, 5) is 12.5. The fourth-order valence-electron chi connectivity index (χ4n) is 2.96. The van der Waals surface area contributed by atoms with E-state index in [-0.39, 0.29) is 5.56 Å². The van der Waals surface area contributed by atoms with Crippen molar-refractivity contribution in [3.05, 3.63) is 63.7 Å². The predicted octanol–water partition coefficient (Wildman–Crippen LogP) is 2.86. The number of hydrogen-bond donors (Lipinski definition) is 1. The van der Waals surface area contributed by atoms with Crippen LogP contribution in [0.5, 0.6) is 5.75 Å². The van der Waals surface area contributed by atoms with Crippen molar-refractivity contribution in [3.8, 4) is 5.75 Å². The van der Waals surface area contributed by atoms with E-state index in [1.54, 1.807) is 32.4 Å². The zero-order chi connectivity index (χ0) is 18.3. The number of benzene rings is 2. The van der Waals surface area contributed by atoms with Crippen LogP contribution in [0.3, 0.4) is 0 Å². The Morgan fingerprint density at radius 2 is 2.00 bits per heavy atom. The molecule has 4 aromatic rings. The molecule has 0 fully saturated rings. The van der Waals surface area contributed by atoms with E-state index in [1.807, 2.05) is 28.7 Å². The molecule has 0 unspecified atom stereocenters. The summed E-state index contributed by atoms with van der Waals surface area (Å²) >= 11 is 6.17. The van der Waals surface area contributed by atoms with Gasteiger partial charge in [0.15, 0.2) is 5.82 Å². The lowest BCUT2D eigenvalue weighted by atomic mass is 10.2. The van der Waals surface area contributed by atoms with Gasteiger partial charge in [0.25, 0.3) is 5.56 Å². The molecule has 7 nitrogen and oxygen atoms in total. The highest BCUT2D eigenvalue weighted by atomic mass is 35.5. The molecule has 0 aliphatic rings. The topological polar surface area (TPSA) is 73.4 Å². The van der Waals surface area contributed by atoms with E-state index in [1.165, 1.54) is 4.57 Å². The summed E-state index contributed by atoms with van der Waals surface area (Å²) in [6.45, 7) is 0.423. The summed E-state index contributed by atoms with van der Waals surface area (Å²) in [5.74, 6) is 1.81. The molecule has 4 rings (SSSR count). The van der Waals surface area contributed by atoms with Crippen molar-refractivity contribution in [3.63, 3.8) is 0 Å². The van der Waals surface area contributed by atoms with Crippen LogP contribution in [0, 0.1) is 0 Å². The fraction of sp³-hybridized carbons (Fsp3) is 0.167. The molecule has 0 aliphatic carbocycles. The lowest BCUT2D eigenvalue weighted by Gasteiger charge is -2.10. The van der Waals surface area contributed by atoms with E-state index < -0.39 is 0 Å². The smallest absolute Gasteiger partial charge is 0.262 e. The molecule has 0 saturated heterocycles. The summed E-state index contributed by atoms with van der Waals surface area (Å²) < 4.78 is 8.55. The number of aromatic nitrogens is 4. The van der Waals surface area contributed by atoms with Crippen LogP contribution in [0.4, 0.5) is 5.69 Å². The zero-order valence-electron chi connectivity index (χ0n) is 14.2. The van der Waals surface area contributed by atoms with Gasteiger partial charge < -0.3 is 10.1 Å². The van der Waals surface area contributed by atoms with E-state index in [9.17, 15) is 4.79 Å². The summed E-state index contributed by atoms with van der Waals surface area (Å²) in [7, 11) is 3.27. The van der Waals surface area contributed by atoms with Gasteiger partial charge >= 0.3 is 0 Å². The molecule has 0 amide bonds. The van der Waals surface area contributed by atoms with Crippen molar-refractivity contribution < 1.29 is 4.74 Å². The number of hydrogen-bond acceptors (Lipinski definition) is 5. The Balaban J connectivity index is 1.76. The molecule has 2 aromatic heterocycles. The zero-order valence-corrected chi connectivity index (χ0v) is 15.0. The summed E-state index contributed by atoms with van der Waals surface area (Å²) in [6, 6.07) is 12.9. The molecule has 8 heteroatoms. The summed E-state index contributed by atoms with van der Waals surface area (Å²) in [5.41, 5.74) is 1.52. The number of para-hydroxylation sites is 1. The first-order valence-electron chi connectivity index (χ1n) is 7.99. The number of nitrogens with one attached hydrogen (secondary N) is 1. The second kappa shape index (κ2) is 6.34. The van der Waals surface area contributed by atoms with Crippen molar-refractivity contribution in [2.24, 2.45) is 7.05 Å². The minimum absolute atomic E-state index is 0.0954. The van der Waals surface area contributed by atoms with Gasteiger partial charge in [0.1, 0.15) is 5.75 Å². The highest BCUT2D eigenvalue weighted by molar-refractivity contribution is 6.32. The predicted molar refractivity (Wildman–Crippen MR) is 101 cm³/mol. The van der Waals surface area contributed by atoms with Crippen molar-refractivity contribution in [2.45, 2.75) is 6.54 Å². The number of aryl methyl sites for hydroxylation is 1. The largest absolute Gasteiger partial charge is 0.495 e. The number of anilines is 1. The SMILES string of the molecule is COc1ccc(NCc2nnc3n(C)c(=O)c4ccccc4n23)cc1Cl. The van der Waals surface area contributed by atoms with Crippen LogP contribution in [0.1, 0.15) is 5.82 Å². The van der Waals surface area contributed by atoms with E-state index >= 15 is 0 Å². The Morgan fingerprint density at radius 3 is 2.77 bits per heavy atom. The van der Waals surface area contributed by atoms with Crippen molar-refractivity contribution in [2.75, 3.05) is 12.4 Å². The Morgan fingerprint density at radius 1 is 1.19 bits per heavy atom. The minimum Gasteiger partial charge on any atom is -0.495 e. The maximum atomic E-state index is 12.5. The monoisotopic (exact) mass is 369 g/mol. The van der Waals surface area contributed by atoms with Crippen LogP contribution in [0.2, 0.25) is 5.02 Å². The van der Waals surface area contributed by atoms with Gasteiger partial charge in [-0.15, -0.1) is 10.2 Å². The molecule has 0 atom stereocenters. The first-order chi connectivity index (χ1) is 12.6. The standard InChI is InChI=1S/C18H16ClN5O2/c1-23-17(25)12-5-3-4-6-14(12)24-16(21-22-18(23)24)10-20-11-7-8-15(26-2)13(19)9-11/h3-9,20H,10H2,1-2H3. The summed E-state index contributed by atoms with van der Waals surface area (Å²) in [6.07, 6.45) is 0. The molecule has 0 bridgehead atoms. The number of fused-ring (bicyclic) bond motifs is 3. The van der Waals surface area contributed by atoms with Crippen LogP contribution < -0.4 is 15.6 Å². The molecule has 0 aliphatic heterocycles. The quantitative estimate of drug-likeness (QED) is 0.598. The molecule has 1 N–H and O–H groups in total. The number of nitrogens with zero attached hydrogens (tertiary/aromatic N) is 4. The Kier molecular flexibility index (Phi) is 4.00. The van der Waals surface area contributed by atoms with Crippen molar-refractivity contribution >= 4 is 34.0 Å². The second-order valence-electron chi connectivity index (χ2n) is 5.84. The fourth-order valence-corrected chi connectivity index (χ4v) is 3.22. The van der Waals surface area contributed by atoms with E-state index in [2.05, 4.69) is 15.5 Å². The highest BCUT2D eigenvalue weighted by Crippen LogP contribution is 2.27. The Hall–Kier alpha value is -3.06. The van der Waals surface area contributed by atoms with Gasteiger partial charge in [-0.05, 0) is 30.3 Å². The maximum Gasteiger partial charge on any atom is 0.262 e. The van der Waals surface area contributed by atoms with Crippen LogP contribution in [-0.4, -0.2) is 26.3 Å². The van der Waals surface area contributed by atoms with Gasteiger partial charge in [0.2, 0.25) is 5.78 Å². The number of halogens is 1. The minimum atomic E-state index is -0.0954. The molecule has 0 saturated carbocycles. The van der Waals surface area contributed by atoms with Gasteiger partial charge in [0, 0.05) is 12.7 Å². The van der Waals surface area contributed by atoms with Gasteiger partial charge in [-0.1, -0.05) is 23.7 Å². The normalized spacial score (nSPS) is 11.2. The molecule has 0 spiro atoms. The Bertz CT molecular complexity index is 1180. The third kappa shape index (κ3) is 2.57. The average molecular weight is 370 g/mol. The molecule has 0 radical (unpaired) electrons. The van der Waals surface area contributed by atoms with E-state index in [4.69, 9.17) is 16.3 Å². The van der Waals surface area contributed by atoms with E-state index in [0.717, 1.165) is 11.2 Å². The molecule has 132 valence electrons. The molecule has 2 heterocycles. The number of ether oxygens (including phenoxy) is 1. The average Bonchev–Trinajstić information content (AvgIpc) is 3.09. The first-order valence-corrected chi connectivity index (χ1v) is 8.37. The highest BCUT2D eigenvalue weighted by Gasteiger charge is 2.14. The van der Waals surface area contributed by atoms with Crippen LogP contribution in [-0.2, 0) is 13.6 Å². The second-order valence-corrected chi connectivity index (χ2v) is 6.24. The van der Waals surface area contributed by atoms with Crippen LogP contribution in [0.15, 0.2) is 47.3 Å². The third-order valence-corrected chi connectivity index (χ3v) is 4.59. The van der Waals surface area contributed by atoms with Gasteiger partial charge in [-0.25, -0.2) is 0 Å². The molecular formula is C18H16ClN5O2. The van der Waals surface area contributed by atoms with Gasteiger partial charge in [-0.2, -0.15) is 0 Å². The molecule has 26 heavy (non-hydrogen) atoms. The lowest BCUT2D eigenvalue weighted by Crippen LogP contribution is -2.20. The van der Waals surface area contributed by atoms with Crippen LogP contribution in [0.25, 0.3) is 16.7 Å². The number of methoxy groups -OCH3 is 1. The summed E-state index contributed by atoms with van der Waals surface area (Å²) in [5, 5.41) is 12.9. The van der Waals surface area contributed by atoms with E-state index in [0.29, 0.717) is 34.3 Å². The number of rotatable bonds is 4. The lowest BCUT2D eigenvalue weighted by molar-refractivity contribution is 0.415.